The van der Waals surface area contributed by atoms with Crippen LogP contribution in [-0.4, -0.2) is 36.4 Å². The first-order valence-corrected chi connectivity index (χ1v) is 6.34. The molecule has 17 heavy (non-hydrogen) atoms. The normalized spacial score (nSPS) is 36.7. The molecule has 2 rings (SSSR count). The maximum Gasteiger partial charge on any atom is 0.315 e. The summed E-state index contributed by atoms with van der Waals surface area (Å²) in [6, 6.07) is -0.167. The molecule has 5 heteroatoms. The van der Waals surface area contributed by atoms with Gasteiger partial charge in [0.2, 0.25) is 0 Å². The average molecular weight is 241 g/mol. The number of nitrogens with two attached hydrogens (primary N) is 1. The van der Waals surface area contributed by atoms with E-state index in [-0.39, 0.29) is 29.8 Å². The number of hydrogen-bond acceptors (Lipinski definition) is 3. The molecule has 0 aromatic rings. The van der Waals surface area contributed by atoms with E-state index in [9.17, 15) is 4.79 Å². The molecule has 1 heterocycles. The number of fused-ring (bicyclic) bond motifs is 1. The summed E-state index contributed by atoms with van der Waals surface area (Å²) in [7, 11) is 0. The van der Waals surface area contributed by atoms with Crippen molar-refractivity contribution in [3.8, 4) is 0 Å². The van der Waals surface area contributed by atoms with Crippen LogP contribution in [0.5, 0.6) is 0 Å². The fraction of sp³-hybridized carbons (Fsp3) is 0.917. The summed E-state index contributed by atoms with van der Waals surface area (Å²) in [4.78, 5) is 11.7. The summed E-state index contributed by atoms with van der Waals surface area (Å²) < 4.78 is 5.67. The Hall–Kier alpha value is -0.810. The second-order valence-corrected chi connectivity index (χ2v) is 6.09. The van der Waals surface area contributed by atoms with Crippen molar-refractivity contribution in [2.45, 2.75) is 57.3 Å². The average Bonchev–Trinajstić information content (AvgIpc) is 2.23. The highest BCUT2D eigenvalue weighted by atomic mass is 16.5. The maximum absolute atomic E-state index is 11.7. The molecular formula is C12H23N3O2. The summed E-state index contributed by atoms with van der Waals surface area (Å²) in [5, 5.41) is 5.79. The Morgan fingerprint density at radius 1 is 1.41 bits per heavy atom. The second kappa shape index (κ2) is 4.46. The lowest BCUT2D eigenvalue weighted by Gasteiger charge is -2.52. The van der Waals surface area contributed by atoms with Gasteiger partial charge in [-0.1, -0.05) is 0 Å². The second-order valence-electron chi connectivity index (χ2n) is 6.09. The Balaban J connectivity index is 1.85. The van der Waals surface area contributed by atoms with Crippen molar-refractivity contribution in [2.24, 2.45) is 11.7 Å². The SMILES string of the molecule is CC(C)(C)NC(=O)NC1C(N)C2CCCOC21. The molecule has 4 N–H and O–H groups in total. The van der Waals surface area contributed by atoms with E-state index in [1.54, 1.807) is 0 Å². The van der Waals surface area contributed by atoms with Crippen molar-refractivity contribution in [1.29, 1.82) is 0 Å². The van der Waals surface area contributed by atoms with Crippen LogP contribution in [0, 0.1) is 5.92 Å². The van der Waals surface area contributed by atoms with Gasteiger partial charge in [0, 0.05) is 24.1 Å². The number of ether oxygens (including phenoxy) is 1. The van der Waals surface area contributed by atoms with Crippen molar-refractivity contribution in [2.75, 3.05) is 6.61 Å². The number of carbonyl (C=O) groups excluding carboxylic acids is 1. The highest BCUT2D eigenvalue weighted by Crippen LogP contribution is 2.36. The monoisotopic (exact) mass is 241 g/mol. The van der Waals surface area contributed by atoms with Crippen LogP contribution in [0.3, 0.4) is 0 Å². The van der Waals surface area contributed by atoms with Crippen molar-refractivity contribution in [3.63, 3.8) is 0 Å². The van der Waals surface area contributed by atoms with E-state index in [2.05, 4.69) is 10.6 Å². The molecule has 1 saturated carbocycles. The number of urea groups is 1. The zero-order valence-electron chi connectivity index (χ0n) is 10.8. The predicted molar refractivity (Wildman–Crippen MR) is 65.6 cm³/mol. The minimum absolute atomic E-state index is 0.0334. The van der Waals surface area contributed by atoms with Crippen LogP contribution in [-0.2, 0) is 4.74 Å². The van der Waals surface area contributed by atoms with Gasteiger partial charge in [0.05, 0.1) is 12.1 Å². The number of rotatable bonds is 1. The highest BCUT2D eigenvalue weighted by Gasteiger charge is 2.51. The highest BCUT2D eigenvalue weighted by molar-refractivity contribution is 5.75. The van der Waals surface area contributed by atoms with Gasteiger partial charge in [0.25, 0.3) is 0 Å². The topological polar surface area (TPSA) is 76.4 Å². The smallest absolute Gasteiger partial charge is 0.315 e. The molecule has 0 spiro atoms. The third-order valence-electron chi connectivity index (χ3n) is 3.46. The van der Waals surface area contributed by atoms with E-state index in [4.69, 9.17) is 10.5 Å². The summed E-state index contributed by atoms with van der Waals surface area (Å²) in [6.07, 6.45) is 2.31. The van der Waals surface area contributed by atoms with Crippen LogP contribution >= 0.6 is 0 Å². The van der Waals surface area contributed by atoms with Gasteiger partial charge >= 0.3 is 6.03 Å². The van der Waals surface area contributed by atoms with Gasteiger partial charge in [0.1, 0.15) is 0 Å². The lowest BCUT2D eigenvalue weighted by atomic mass is 9.69. The summed E-state index contributed by atoms with van der Waals surface area (Å²) in [6.45, 7) is 6.64. The molecule has 0 radical (unpaired) electrons. The zero-order valence-corrected chi connectivity index (χ0v) is 10.8. The minimum Gasteiger partial charge on any atom is -0.376 e. The molecule has 0 aromatic carbocycles. The Kier molecular flexibility index (Phi) is 3.32. The third kappa shape index (κ3) is 2.72. The van der Waals surface area contributed by atoms with Crippen LogP contribution < -0.4 is 16.4 Å². The van der Waals surface area contributed by atoms with Gasteiger partial charge in [0.15, 0.2) is 0 Å². The van der Waals surface area contributed by atoms with Crippen molar-refractivity contribution < 1.29 is 9.53 Å². The molecule has 2 fully saturated rings. The Bertz CT molecular complexity index is 301. The van der Waals surface area contributed by atoms with Gasteiger partial charge < -0.3 is 21.1 Å². The number of amides is 2. The molecular weight excluding hydrogens is 218 g/mol. The summed E-state index contributed by atoms with van der Waals surface area (Å²) in [5.41, 5.74) is 5.84. The Morgan fingerprint density at radius 2 is 2.12 bits per heavy atom. The van der Waals surface area contributed by atoms with Crippen molar-refractivity contribution in [1.82, 2.24) is 10.6 Å². The van der Waals surface area contributed by atoms with Crippen LogP contribution in [0.2, 0.25) is 0 Å². The molecule has 1 saturated heterocycles. The van der Waals surface area contributed by atoms with Gasteiger partial charge in [-0.05, 0) is 33.6 Å². The lowest BCUT2D eigenvalue weighted by Crippen LogP contribution is -2.73. The molecule has 2 amide bonds. The summed E-state index contributed by atoms with van der Waals surface area (Å²) in [5.74, 6) is 0.420. The van der Waals surface area contributed by atoms with Crippen molar-refractivity contribution in [3.05, 3.63) is 0 Å². The standard InChI is InChI=1S/C12H23N3O2/c1-12(2,3)15-11(16)14-9-8(13)7-5-4-6-17-10(7)9/h7-10H,4-6,13H2,1-3H3,(H2,14,15,16). The molecule has 4 unspecified atom stereocenters. The predicted octanol–water partition coefficient (Wildman–Crippen LogP) is 0.589. The molecule has 2 aliphatic rings. The maximum atomic E-state index is 11.7. The van der Waals surface area contributed by atoms with Gasteiger partial charge in [-0.2, -0.15) is 0 Å². The number of carbonyl (C=O) groups is 1. The first kappa shape index (κ1) is 12.6. The fourth-order valence-electron chi connectivity index (χ4n) is 2.65. The quantitative estimate of drug-likeness (QED) is 0.629. The van der Waals surface area contributed by atoms with Gasteiger partial charge in [-0.3, -0.25) is 0 Å². The molecule has 98 valence electrons. The Labute approximate surface area is 102 Å². The van der Waals surface area contributed by atoms with Crippen molar-refractivity contribution >= 4 is 6.03 Å². The van der Waals surface area contributed by atoms with Crippen LogP contribution in [0.4, 0.5) is 4.79 Å². The molecule has 1 aliphatic carbocycles. The van der Waals surface area contributed by atoms with E-state index < -0.39 is 0 Å². The Morgan fingerprint density at radius 3 is 2.76 bits per heavy atom. The van der Waals surface area contributed by atoms with E-state index >= 15 is 0 Å². The fourth-order valence-corrected chi connectivity index (χ4v) is 2.65. The lowest BCUT2D eigenvalue weighted by molar-refractivity contribution is -0.116. The van der Waals surface area contributed by atoms with E-state index in [1.807, 2.05) is 20.8 Å². The molecule has 1 aliphatic heterocycles. The molecule has 0 bridgehead atoms. The number of hydrogen-bond donors (Lipinski definition) is 3. The molecule has 0 aromatic heterocycles. The first-order valence-electron chi connectivity index (χ1n) is 6.34. The largest absolute Gasteiger partial charge is 0.376 e. The van der Waals surface area contributed by atoms with Crippen LogP contribution in [0.1, 0.15) is 33.6 Å². The zero-order chi connectivity index (χ0) is 12.6. The third-order valence-corrected chi connectivity index (χ3v) is 3.46. The van der Waals surface area contributed by atoms with E-state index in [0.717, 1.165) is 19.4 Å². The van der Waals surface area contributed by atoms with Gasteiger partial charge in [-0.15, -0.1) is 0 Å². The summed E-state index contributed by atoms with van der Waals surface area (Å²) >= 11 is 0. The number of nitrogens with one attached hydrogen (secondary N) is 2. The first-order chi connectivity index (χ1) is 7.88. The van der Waals surface area contributed by atoms with Gasteiger partial charge in [-0.25, -0.2) is 4.79 Å². The molecule has 5 nitrogen and oxygen atoms in total. The minimum atomic E-state index is -0.231. The van der Waals surface area contributed by atoms with E-state index in [0.29, 0.717) is 5.92 Å². The van der Waals surface area contributed by atoms with Crippen LogP contribution in [0.15, 0.2) is 0 Å². The van der Waals surface area contributed by atoms with E-state index in [1.165, 1.54) is 0 Å². The molecule has 4 atom stereocenters. The van der Waals surface area contributed by atoms with Crippen LogP contribution in [0.25, 0.3) is 0 Å².